The first kappa shape index (κ1) is 14.5. The van der Waals surface area contributed by atoms with Gasteiger partial charge in [-0.15, -0.1) is 0 Å². The molecule has 0 saturated carbocycles. The molecular weight excluding hydrogens is 252 g/mol. The Morgan fingerprint density at radius 3 is 2.95 bits per heavy atom. The summed E-state index contributed by atoms with van der Waals surface area (Å²) in [5.41, 5.74) is 7.79. The van der Waals surface area contributed by atoms with Gasteiger partial charge >= 0.3 is 0 Å². The molecule has 108 valence electrons. The van der Waals surface area contributed by atoms with Crippen LogP contribution in [0.3, 0.4) is 0 Å². The number of hydrogen-bond acceptors (Lipinski definition) is 4. The number of hydrogen-bond donors (Lipinski definition) is 1. The molecule has 0 radical (unpaired) electrons. The van der Waals surface area contributed by atoms with E-state index in [4.69, 9.17) is 10.5 Å². The van der Waals surface area contributed by atoms with Crippen molar-refractivity contribution in [3.8, 4) is 11.3 Å². The number of nitrogens with two attached hydrogens (primary N) is 1. The van der Waals surface area contributed by atoms with E-state index in [1.807, 2.05) is 22.9 Å². The van der Waals surface area contributed by atoms with Crippen molar-refractivity contribution in [2.24, 2.45) is 5.92 Å². The fourth-order valence-corrected chi connectivity index (χ4v) is 1.94. The van der Waals surface area contributed by atoms with Crippen LogP contribution in [0, 0.1) is 5.92 Å². The van der Waals surface area contributed by atoms with Crippen molar-refractivity contribution < 1.29 is 4.74 Å². The Balaban J connectivity index is 1.94. The molecule has 0 unspecified atom stereocenters. The molecule has 0 aliphatic rings. The van der Waals surface area contributed by atoms with Gasteiger partial charge in [0, 0.05) is 24.9 Å². The quantitative estimate of drug-likeness (QED) is 0.788. The van der Waals surface area contributed by atoms with Gasteiger partial charge in [0.05, 0.1) is 24.8 Å². The van der Waals surface area contributed by atoms with E-state index >= 15 is 0 Å². The summed E-state index contributed by atoms with van der Waals surface area (Å²) in [6.07, 6.45) is 6.38. The molecule has 0 aliphatic heterocycles. The van der Waals surface area contributed by atoms with Crippen LogP contribution in [0.1, 0.15) is 20.3 Å². The molecule has 0 atom stereocenters. The Bertz CT molecular complexity index is 536. The molecule has 2 aromatic heterocycles. The van der Waals surface area contributed by atoms with Crippen LogP contribution in [-0.2, 0) is 11.3 Å². The lowest BCUT2D eigenvalue weighted by atomic mass is 10.1. The topological polar surface area (TPSA) is 66.0 Å². The molecule has 0 saturated heterocycles. The third kappa shape index (κ3) is 3.81. The van der Waals surface area contributed by atoms with Crippen LogP contribution in [-0.4, -0.2) is 27.7 Å². The molecule has 2 rings (SSSR count). The SMILES string of the molecule is CC(C)CCOCCn1cncc1-c1cccnc1N. The predicted octanol–water partition coefficient (Wildman–Crippen LogP) is 2.59. The molecule has 20 heavy (non-hydrogen) atoms. The average molecular weight is 274 g/mol. The molecule has 2 heterocycles. The minimum absolute atomic E-state index is 0.523. The Labute approximate surface area is 119 Å². The summed E-state index contributed by atoms with van der Waals surface area (Å²) in [6.45, 7) is 6.64. The second kappa shape index (κ2) is 7.05. The van der Waals surface area contributed by atoms with Crippen LogP contribution in [0.4, 0.5) is 5.82 Å². The van der Waals surface area contributed by atoms with Crippen LogP contribution in [0.2, 0.25) is 0 Å². The standard InChI is InChI=1S/C15H22N4O/c1-12(2)5-8-20-9-7-19-11-17-10-14(19)13-4-3-6-18-15(13)16/h3-4,6,10-12H,5,7-9H2,1-2H3,(H2,16,18). The van der Waals surface area contributed by atoms with Crippen LogP contribution in [0.5, 0.6) is 0 Å². The van der Waals surface area contributed by atoms with E-state index in [0.717, 1.165) is 30.8 Å². The maximum absolute atomic E-state index is 5.91. The molecule has 2 N–H and O–H groups in total. The van der Waals surface area contributed by atoms with Gasteiger partial charge in [0.1, 0.15) is 5.82 Å². The highest BCUT2D eigenvalue weighted by molar-refractivity contribution is 5.70. The first-order valence-electron chi connectivity index (χ1n) is 6.97. The highest BCUT2D eigenvalue weighted by Crippen LogP contribution is 2.23. The van der Waals surface area contributed by atoms with Crippen molar-refractivity contribution in [3.05, 3.63) is 30.9 Å². The first-order chi connectivity index (χ1) is 9.68. The molecule has 0 aliphatic carbocycles. The zero-order valence-corrected chi connectivity index (χ0v) is 12.1. The number of nitrogen functional groups attached to an aromatic ring is 1. The fraction of sp³-hybridized carbons (Fsp3) is 0.467. The Kier molecular flexibility index (Phi) is 5.12. The average Bonchev–Trinajstić information content (AvgIpc) is 2.87. The molecule has 0 spiro atoms. The van der Waals surface area contributed by atoms with Crippen molar-refractivity contribution >= 4 is 5.82 Å². The van der Waals surface area contributed by atoms with Crippen LogP contribution in [0.15, 0.2) is 30.9 Å². The minimum atomic E-state index is 0.523. The number of pyridine rings is 1. The van der Waals surface area contributed by atoms with E-state index in [0.29, 0.717) is 18.3 Å². The highest BCUT2D eigenvalue weighted by Gasteiger charge is 2.08. The number of nitrogens with zero attached hydrogens (tertiary/aromatic N) is 3. The summed E-state index contributed by atoms with van der Waals surface area (Å²) >= 11 is 0. The molecule has 0 bridgehead atoms. The minimum Gasteiger partial charge on any atom is -0.383 e. The second-order valence-electron chi connectivity index (χ2n) is 5.20. The Hall–Kier alpha value is -1.88. The van der Waals surface area contributed by atoms with Crippen LogP contribution >= 0.6 is 0 Å². The van der Waals surface area contributed by atoms with Gasteiger partial charge in [0.25, 0.3) is 0 Å². The Morgan fingerprint density at radius 1 is 1.35 bits per heavy atom. The summed E-state index contributed by atoms with van der Waals surface area (Å²) in [6, 6.07) is 3.83. The van der Waals surface area contributed by atoms with Gasteiger partial charge in [0.2, 0.25) is 0 Å². The van der Waals surface area contributed by atoms with Crippen molar-refractivity contribution in [1.82, 2.24) is 14.5 Å². The molecule has 2 aromatic rings. The number of ether oxygens (including phenoxy) is 1. The lowest BCUT2D eigenvalue weighted by Gasteiger charge is -2.10. The molecule has 0 aromatic carbocycles. The van der Waals surface area contributed by atoms with E-state index in [-0.39, 0.29) is 0 Å². The molecule has 0 fully saturated rings. The van der Waals surface area contributed by atoms with E-state index in [9.17, 15) is 0 Å². The lowest BCUT2D eigenvalue weighted by molar-refractivity contribution is 0.116. The van der Waals surface area contributed by atoms with Gasteiger partial charge in [-0.25, -0.2) is 9.97 Å². The first-order valence-corrected chi connectivity index (χ1v) is 6.97. The van der Waals surface area contributed by atoms with Gasteiger partial charge in [0.15, 0.2) is 0 Å². The maximum atomic E-state index is 5.91. The van der Waals surface area contributed by atoms with Gasteiger partial charge < -0.3 is 15.0 Å². The van der Waals surface area contributed by atoms with E-state index in [1.54, 1.807) is 12.5 Å². The number of aromatic nitrogens is 3. The number of rotatable bonds is 7. The Morgan fingerprint density at radius 2 is 2.20 bits per heavy atom. The molecule has 0 amide bonds. The third-order valence-corrected chi connectivity index (χ3v) is 3.14. The summed E-state index contributed by atoms with van der Waals surface area (Å²) in [4.78, 5) is 8.30. The summed E-state index contributed by atoms with van der Waals surface area (Å²) < 4.78 is 7.69. The van der Waals surface area contributed by atoms with E-state index < -0.39 is 0 Å². The largest absolute Gasteiger partial charge is 0.383 e. The number of imidazole rings is 1. The fourth-order valence-electron chi connectivity index (χ4n) is 1.94. The van der Waals surface area contributed by atoms with Gasteiger partial charge in [-0.05, 0) is 24.5 Å². The van der Waals surface area contributed by atoms with E-state index in [1.165, 1.54) is 0 Å². The van der Waals surface area contributed by atoms with Crippen LogP contribution < -0.4 is 5.73 Å². The monoisotopic (exact) mass is 274 g/mol. The van der Waals surface area contributed by atoms with Crippen molar-refractivity contribution in [1.29, 1.82) is 0 Å². The molecule has 5 heteroatoms. The molecule has 5 nitrogen and oxygen atoms in total. The van der Waals surface area contributed by atoms with Gasteiger partial charge in [-0.2, -0.15) is 0 Å². The van der Waals surface area contributed by atoms with E-state index in [2.05, 4.69) is 23.8 Å². The van der Waals surface area contributed by atoms with Crippen LogP contribution in [0.25, 0.3) is 11.3 Å². The molecular formula is C15H22N4O. The smallest absolute Gasteiger partial charge is 0.132 e. The summed E-state index contributed by atoms with van der Waals surface area (Å²) in [5, 5.41) is 0. The normalized spacial score (nSPS) is 11.2. The zero-order chi connectivity index (χ0) is 14.4. The summed E-state index contributed by atoms with van der Waals surface area (Å²) in [7, 11) is 0. The number of anilines is 1. The van der Waals surface area contributed by atoms with Gasteiger partial charge in [-0.3, -0.25) is 0 Å². The second-order valence-corrected chi connectivity index (χ2v) is 5.20. The zero-order valence-electron chi connectivity index (χ0n) is 12.1. The predicted molar refractivity (Wildman–Crippen MR) is 80.1 cm³/mol. The van der Waals surface area contributed by atoms with Crippen molar-refractivity contribution in [2.75, 3.05) is 18.9 Å². The highest BCUT2D eigenvalue weighted by atomic mass is 16.5. The maximum Gasteiger partial charge on any atom is 0.132 e. The third-order valence-electron chi connectivity index (χ3n) is 3.14. The van der Waals surface area contributed by atoms with Crippen molar-refractivity contribution in [3.63, 3.8) is 0 Å². The van der Waals surface area contributed by atoms with Crippen molar-refractivity contribution in [2.45, 2.75) is 26.8 Å². The summed E-state index contributed by atoms with van der Waals surface area (Å²) in [5.74, 6) is 1.20. The van der Waals surface area contributed by atoms with Gasteiger partial charge in [-0.1, -0.05) is 13.8 Å². The lowest BCUT2D eigenvalue weighted by Crippen LogP contribution is -2.08.